The van der Waals surface area contributed by atoms with Gasteiger partial charge in [-0.15, -0.1) is 0 Å². The zero-order chi connectivity index (χ0) is 18.1. The zero-order valence-electron chi connectivity index (χ0n) is 13.0. The number of aliphatic carboxylic acids is 2. The summed E-state index contributed by atoms with van der Waals surface area (Å²) in [5.41, 5.74) is 6.43. The Labute approximate surface area is 141 Å². The molecule has 1 fully saturated rings. The number of anilines is 1. The second-order valence-corrected chi connectivity index (χ2v) is 5.85. The Morgan fingerprint density at radius 2 is 1.84 bits per heavy atom. The Bertz CT molecular complexity index is 808. The quantitative estimate of drug-likeness (QED) is 0.530. The van der Waals surface area contributed by atoms with Crippen LogP contribution in [0.3, 0.4) is 0 Å². The minimum atomic E-state index is -1.09. The first kappa shape index (κ1) is 17.0. The molecular formula is C14H17N5O6. The number of fused-ring (bicyclic) bond motifs is 1. The number of hydrogen-bond acceptors (Lipinski definition) is 8. The minimum absolute atomic E-state index is 0.164. The number of hydrogen-bond donors (Lipinski definition) is 4. The summed E-state index contributed by atoms with van der Waals surface area (Å²) in [5.74, 6) is -3.37. The Kier molecular flexibility index (Phi) is 4.51. The van der Waals surface area contributed by atoms with E-state index in [1.54, 1.807) is 0 Å². The first-order valence-electron chi connectivity index (χ1n) is 7.55. The molecule has 25 heavy (non-hydrogen) atoms. The van der Waals surface area contributed by atoms with Crippen LogP contribution in [0.4, 0.5) is 5.82 Å². The van der Waals surface area contributed by atoms with Crippen molar-refractivity contribution in [2.45, 2.75) is 25.2 Å². The highest BCUT2D eigenvalue weighted by molar-refractivity contribution is 5.81. The van der Waals surface area contributed by atoms with Gasteiger partial charge in [0.15, 0.2) is 11.5 Å². The summed E-state index contributed by atoms with van der Waals surface area (Å²) in [7, 11) is 0. The SMILES string of the molecule is Nc1ncnc2c1ncn2[C@@H]1O[C@@H](CO)[C@H](CC(=O)O)[C@H]1CC(=O)O. The topological polar surface area (TPSA) is 174 Å². The predicted octanol–water partition coefficient (Wildman–Crippen LogP) is -0.520. The van der Waals surface area contributed by atoms with E-state index in [1.165, 1.54) is 17.2 Å². The molecule has 5 N–H and O–H groups in total. The van der Waals surface area contributed by atoms with Crippen LogP contribution in [0, 0.1) is 11.8 Å². The Morgan fingerprint density at radius 1 is 1.16 bits per heavy atom. The molecule has 0 saturated carbocycles. The second-order valence-electron chi connectivity index (χ2n) is 5.85. The van der Waals surface area contributed by atoms with Crippen molar-refractivity contribution in [3.63, 3.8) is 0 Å². The van der Waals surface area contributed by atoms with Crippen LogP contribution in [-0.2, 0) is 14.3 Å². The van der Waals surface area contributed by atoms with E-state index in [0.29, 0.717) is 11.2 Å². The number of nitrogens with two attached hydrogens (primary N) is 1. The molecule has 2 aromatic heterocycles. The van der Waals surface area contributed by atoms with Crippen molar-refractivity contribution in [3.8, 4) is 0 Å². The molecule has 3 heterocycles. The van der Waals surface area contributed by atoms with Crippen LogP contribution in [0.2, 0.25) is 0 Å². The van der Waals surface area contributed by atoms with E-state index in [1.807, 2.05) is 0 Å². The van der Waals surface area contributed by atoms with Crippen LogP contribution in [-0.4, -0.2) is 59.5 Å². The summed E-state index contributed by atoms with van der Waals surface area (Å²) in [5, 5.41) is 27.9. The number of rotatable bonds is 6. The van der Waals surface area contributed by atoms with E-state index < -0.39 is 42.7 Å². The molecule has 0 amide bonds. The fourth-order valence-electron chi connectivity index (χ4n) is 3.31. The number of aromatic nitrogens is 4. The standard InChI is InChI=1S/C14H17N5O6/c15-12-11-13(17-4-16-12)19(5-18-11)14-7(2-10(23)24)6(1-9(21)22)8(3-20)25-14/h4-8,14,20H,1-3H2,(H,21,22)(H,23,24)(H2,15,16,17)/t6-,7-,8+,14-/m1/s1. The lowest BCUT2D eigenvalue weighted by Gasteiger charge is -2.21. The fraction of sp³-hybridized carbons (Fsp3) is 0.500. The van der Waals surface area contributed by atoms with Gasteiger partial charge in [-0.25, -0.2) is 15.0 Å². The van der Waals surface area contributed by atoms with Crippen LogP contribution in [0.5, 0.6) is 0 Å². The average Bonchev–Trinajstić information content (AvgIpc) is 3.10. The zero-order valence-corrected chi connectivity index (χ0v) is 13.0. The number of imidazole rings is 1. The van der Waals surface area contributed by atoms with E-state index in [9.17, 15) is 19.8 Å². The third-order valence-electron chi connectivity index (χ3n) is 4.37. The van der Waals surface area contributed by atoms with Crippen molar-refractivity contribution < 1.29 is 29.6 Å². The van der Waals surface area contributed by atoms with Gasteiger partial charge in [0.1, 0.15) is 18.1 Å². The minimum Gasteiger partial charge on any atom is -0.481 e. The molecule has 0 radical (unpaired) electrons. The molecule has 4 atom stereocenters. The molecule has 11 heteroatoms. The molecular weight excluding hydrogens is 334 g/mol. The van der Waals surface area contributed by atoms with Crippen molar-refractivity contribution in [2.75, 3.05) is 12.3 Å². The fourth-order valence-corrected chi connectivity index (χ4v) is 3.31. The molecule has 0 aromatic carbocycles. The number of aliphatic hydroxyl groups excluding tert-OH is 1. The molecule has 2 aromatic rings. The number of carbonyl (C=O) groups is 2. The van der Waals surface area contributed by atoms with Crippen molar-refractivity contribution in [1.82, 2.24) is 19.5 Å². The van der Waals surface area contributed by atoms with Gasteiger partial charge >= 0.3 is 11.9 Å². The Balaban J connectivity index is 2.04. The maximum atomic E-state index is 11.3. The maximum absolute atomic E-state index is 11.3. The van der Waals surface area contributed by atoms with Crippen LogP contribution in [0.1, 0.15) is 19.1 Å². The summed E-state index contributed by atoms with van der Waals surface area (Å²) in [4.78, 5) is 34.5. The lowest BCUT2D eigenvalue weighted by molar-refractivity contribution is -0.142. The van der Waals surface area contributed by atoms with E-state index in [-0.39, 0.29) is 18.7 Å². The summed E-state index contributed by atoms with van der Waals surface area (Å²) in [6.45, 7) is -0.422. The molecule has 3 rings (SSSR count). The Hall–Kier alpha value is -2.79. The smallest absolute Gasteiger partial charge is 0.303 e. The lowest BCUT2D eigenvalue weighted by atomic mass is 9.84. The highest BCUT2D eigenvalue weighted by Crippen LogP contribution is 2.44. The van der Waals surface area contributed by atoms with Gasteiger partial charge in [-0.1, -0.05) is 0 Å². The maximum Gasteiger partial charge on any atom is 0.303 e. The van der Waals surface area contributed by atoms with E-state index in [0.717, 1.165) is 0 Å². The van der Waals surface area contributed by atoms with Gasteiger partial charge < -0.3 is 25.8 Å². The molecule has 1 aliphatic heterocycles. The molecule has 0 bridgehead atoms. The number of nitrogens with zero attached hydrogens (tertiary/aromatic N) is 4. The van der Waals surface area contributed by atoms with E-state index in [4.69, 9.17) is 15.6 Å². The van der Waals surface area contributed by atoms with Crippen molar-refractivity contribution in [2.24, 2.45) is 11.8 Å². The molecule has 0 spiro atoms. The molecule has 134 valence electrons. The third kappa shape index (κ3) is 3.10. The van der Waals surface area contributed by atoms with Gasteiger partial charge in [-0.2, -0.15) is 0 Å². The van der Waals surface area contributed by atoms with Crippen molar-refractivity contribution in [1.29, 1.82) is 0 Å². The summed E-state index contributed by atoms with van der Waals surface area (Å²) in [6, 6.07) is 0. The van der Waals surface area contributed by atoms with Crippen LogP contribution < -0.4 is 5.73 Å². The number of ether oxygens (including phenoxy) is 1. The van der Waals surface area contributed by atoms with Crippen LogP contribution >= 0.6 is 0 Å². The van der Waals surface area contributed by atoms with Crippen LogP contribution in [0.15, 0.2) is 12.7 Å². The van der Waals surface area contributed by atoms with Crippen molar-refractivity contribution >= 4 is 28.9 Å². The number of carboxylic acids is 2. The molecule has 1 aliphatic rings. The summed E-state index contributed by atoms with van der Waals surface area (Å²) in [6.07, 6.45) is 0.365. The van der Waals surface area contributed by atoms with Gasteiger partial charge in [-0.3, -0.25) is 14.2 Å². The highest BCUT2D eigenvalue weighted by atomic mass is 16.5. The molecule has 0 unspecified atom stereocenters. The van der Waals surface area contributed by atoms with Gasteiger partial charge in [-0.05, 0) is 0 Å². The molecule has 0 aliphatic carbocycles. The first-order valence-corrected chi connectivity index (χ1v) is 7.55. The summed E-state index contributed by atoms with van der Waals surface area (Å²) >= 11 is 0. The number of aliphatic hydroxyl groups is 1. The van der Waals surface area contributed by atoms with E-state index in [2.05, 4.69) is 15.0 Å². The van der Waals surface area contributed by atoms with Gasteiger partial charge in [0, 0.05) is 11.8 Å². The monoisotopic (exact) mass is 351 g/mol. The van der Waals surface area contributed by atoms with E-state index >= 15 is 0 Å². The third-order valence-corrected chi connectivity index (χ3v) is 4.37. The second kappa shape index (κ2) is 6.61. The summed E-state index contributed by atoms with van der Waals surface area (Å²) < 4.78 is 7.28. The number of carboxylic acid groups (broad SMARTS) is 2. The normalized spacial score (nSPS) is 26.1. The van der Waals surface area contributed by atoms with Crippen LogP contribution in [0.25, 0.3) is 11.2 Å². The van der Waals surface area contributed by atoms with Gasteiger partial charge in [0.2, 0.25) is 0 Å². The molecule has 1 saturated heterocycles. The Morgan fingerprint density at radius 3 is 2.48 bits per heavy atom. The average molecular weight is 351 g/mol. The first-order chi connectivity index (χ1) is 11.9. The largest absolute Gasteiger partial charge is 0.481 e. The number of nitrogen functional groups attached to an aromatic ring is 1. The predicted molar refractivity (Wildman–Crippen MR) is 82.2 cm³/mol. The molecule has 11 nitrogen and oxygen atoms in total. The lowest BCUT2D eigenvalue weighted by Crippen LogP contribution is -2.28. The van der Waals surface area contributed by atoms with Gasteiger partial charge in [0.05, 0.1) is 31.9 Å². The van der Waals surface area contributed by atoms with Crippen molar-refractivity contribution in [3.05, 3.63) is 12.7 Å². The van der Waals surface area contributed by atoms with Gasteiger partial charge in [0.25, 0.3) is 0 Å². The highest BCUT2D eigenvalue weighted by Gasteiger charge is 2.47.